The fourth-order valence-electron chi connectivity index (χ4n) is 2.08. The Morgan fingerprint density at radius 2 is 2.10 bits per heavy atom. The largest absolute Gasteiger partial charge is 0.480 e. The molecule has 1 N–H and O–H groups in total. The van der Waals surface area contributed by atoms with Crippen LogP contribution in [0.4, 0.5) is 5.95 Å². The van der Waals surface area contributed by atoms with Crippen molar-refractivity contribution in [3.63, 3.8) is 0 Å². The minimum Gasteiger partial charge on any atom is -0.480 e. The highest BCUT2D eigenvalue weighted by molar-refractivity contribution is 9.10. The van der Waals surface area contributed by atoms with Gasteiger partial charge in [0.15, 0.2) is 0 Å². The van der Waals surface area contributed by atoms with Gasteiger partial charge in [0.2, 0.25) is 21.9 Å². The Labute approximate surface area is 126 Å². The van der Waals surface area contributed by atoms with Crippen LogP contribution in [0.1, 0.15) is 12.8 Å². The summed E-state index contributed by atoms with van der Waals surface area (Å²) in [5.74, 6) is 0.957. The smallest absolute Gasteiger partial charge is 0.232 e. The van der Waals surface area contributed by atoms with E-state index in [0.717, 1.165) is 12.8 Å². The third-order valence-corrected chi connectivity index (χ3v) is 5.01. The van der Waals surface area contributed by atoms with Crippen molar-refractivity contribution >= 4 is 31.9 Å². The maximum absolute atomic E-state index is 11.4. The number of aromatic nitrogens is 2. The van der Waals surface area contributed by atoms with E-state index in [1.54, 1.807) is 13.3 Å². The molecule has 0 spiro atoms. The van der Waals surface area contributed by atoms with Gasteiger partial charge in [-0.1, -0.05) is 0 Å². The molecule has 0 radical (unpaired) electrons. The molecule has 0 unspecified atom stereocenters. The van der Waals surface area contributed by atoms with E-state index in [4.69, 9.17) is 4.74 Å². The molecular weight excluding hydrogens is 348 g/mol. The molecule has 1 aliphatic heterocycles. The van der Waals surface area contributed by atoms with Gasteiger partial charge in [-0.15, -0.1) is 0 Å². The average Bonchev–Trinajstić information content (AvgIpc) is 2.40. The molecule has 1 saturated heterocycles. The van der Waals surface area contributed by atoms with Crippen LogP contribution in [0.25, 0.3) is 0 Å². The number of halogens is 1. The van der Waals surface area contributed by atoms with Crippen LogP contribution < -0.4 is 10.1 Å². The third-order valence-electron chi connectivity index (χ3n) is 3.16. The number of anilines is 1. The highest BCUT2D eigenvalue weighted by Crippen LogP contribution is 2.23. The van der Waals surface area contributed by atoms with Gasteiger partial charge >= 0.3 is 0 Å². The Morgan fingerprint density at radius 3 is 2.65 bits per heavy atom. The van der Waals surface area contributed by atoms with Crippen molar-refractivity contribution in [3.8, 4) is 5.88 Å². The molecule has 0 amide bonds. The molecular formula is C11H17BrN4O3S. The van der Waals surface area contributed by atoms with Gasteiger partial charge in [0.1, 0.15) is 0 Å². The van der Waals surface area contributed by atoms with Gasteiger partial charge in [0.25, 0.3) is 0 Å². The molecule has 1 aromatic rings. The van der Waals surface area contributed by atoms with Crippen LogP contribution in [0.5, 0.6) is 5.88 Å². The fourth-order valence-corrected chi connectivity index (χ4v) is 3.31. The molecule has 7 nitrogen and oxygen atoms in total. The summed E-state index contributed by atoms with van der Waals surface area (Å²) in [6.45, 7) is 1.04. The highest BCUT2D eigenvalue weighted by Gasteiger charge is 2.25. The van der Waals surface area contributed by atoms with Crippen molar-refractivity contribution in [3.05, 3.63) is 10.7 Å². The van der Waals surface area contributed by atoms with E-state index in [1.165, 1.54) is 10.6 Å². The van der Waals surface area contributed by atoms with Gasteiger partial charge < -0.3 is 10.1 Å². The van der Waals surface area contributed by atoms with Gasteiger partial charge in [0, 0.05) is 19.1 Å². The Morgan fingerprint density at radius 1 is 1.45 bits per heavy atom. The van der Waals surface area contributed by atoms with E-state index in [0.29, 0.717) is 29.4 Å². The highest BCUT2D eigenvalue weighted by atomic mass is 79.9. The number of rotatable bonds is 4. The number of methoxy groups -OCH3 is 1. The predicted molar refractivity (Wildman–Crippen MR) is 79.3 cm³/mol. The van der Waals surface area contributed by atoms with Crippen molar-refractivity contribution in [2.75, 3.05) is 31.8 Å². The van der Waals surface area contributed by atoms with Crippen molar-refractivity contribution in [2.45, 2.75) is 18.9 Å². The quantitative estimate of drug-likeness (QED) is 0.860. The number of hydrogen-bond donors (Lipinski definition) is 1. The lowest BCUT2D eigenvalue weighted by molar-refractivity contribution is 0.331. The second-order valence-electron chi connectivity index (χ2n) is 4.63. The Balaban J connectivity index is 1.96. The van der Waals surface area contributed by atoms with Crippen molar-refractivity contribution in [1.29, 1.82) is 0 Å². The summed E-state index contributed by atoms with van der Waals surface area (Å²) in [6, 6.07) is 0.166. The molecule has 2 heterocycles. The molecule has 1 fully saturated rings. The Hall–Kier alpha value is -0.930. The zero-order chi connectivity index (χ0) is 14.8. The number of nitrogens with zero attached hydrogens (tertiary/aromatic N) is 3. The number of piperidine rings is 1. The molecule has 20 heavy (non-hydrogen) atoms. The standard InChI is InChI=1S/C11H17BrN4O3S/c1-19-10-9(12)7-13-11(15-10)14-8-3-5-16(6-4-8)20(2,17)18/h7-8H,3-6H2,1-2H3,(H,13,14,15). The molecule has 0 atom stereocenters. The van der Waals surface area contributed by atoms with Crippen molar-refractivity contribution in [2.24, 2.45) is 0 Å². The first kappa shape index (κ1) is 15.5. The lowest BCUT2D eigenvalue weighted by atomic mass is 10.1. The third kappa shape index (κ3) is 3.80. The molecule has 112 valence electrons. The Kier molecular flexibility index (Phi) is 4.82. The van der Waals surface area contributed by atoms with Gasteiger partial charge in [-0.3, -0.25) is 0 Å². The van der Waals surface area contributed by atoms with E-state index in [9.17, 15) is 8.42 Å². The first-order chi connectivity index (χ1) is 9.40. The lowest BCUT2D eigenvalue weighted by Gasteiger charge is -2.30. The molecule has 2 rings (SSSR count). The normalized spacial score (nSPS) is 17.9. The number of hydrogen-bond acceptors (Lipinski definition) is 6. The van der Waals surface area contributed by atoms with Crippen LogP contribution in [0, 0.1) is 0 Å². The maximum Gasteiger partial charge on any atom is 0.232 e. The minimum absolute atomic E-state index is 0.166. The molecule has 9 heteroatoms. The molecule has 1 aliphatic rings. The predicted octanol–water partition coefficient (Wildman–Crippen LogP) is 1.08. The van der Waals surface area contributed by atoms with E-state index in [1.807, 2.05) is 0 Å². The van der Waals surface area contributed by atoms with E-state index < -0.39 is 10.0 Å². The molecule has 0 saturated carbocycles. The first-order valence-electron chi connectivity index (χ1n) is 6.18. The minimum atomic E-state index is -3.09. The summed E-state index contributed by atoms with van der Waals surface area (Å²) in [4.78, 5) is 8.40. The summed E-state index contributed by atoms with van der Waals surface area (Å²) < 4.78 is 30.2. The average molecular weight is 365 g/mol. The lowest BCUT2D eigenvalue weighted by Crippen LogP contribution is -2.42. The zero-order valence-corrected chi connectivity index (χ0v) is 13.7. The summed E-state index contributed by atoms with van der Waals surface area (Å²) in [5.41, 5.74) is 0. The number of nitrogens with one attached hydrogen (secondary N) is 1. The SMILES string of the molecule is COc1nc(NC2CCN(S(C)(=O)=O)CC2)ncc1Br. The second-order valence-corrected chi connectivity index (χ2v) is 7.47. The van der Waals surface area contributed by atoms with Crippen LogP contribution in [0.3, 0.4) is 0 Å². The van der Waals surface area contributed by atoms with E-state index in [2.05, 4.69) is 31.2 Å². The number of sulfonamides is 1. The molecule has 0 aliphatic carbocycles. The van der Waals surface area contributed by atoms with Gasteiger partial charge in [-0.25, -0.2) is 17.7 Å². The van der Waals surface area contributed by atoms with Gasteiger partial charge in [-0.2, -0.15) is 4.98 Å². The van der Waals surface area contributed by atoms with Crippen LogP contribution in [-0.2, 0) is 10.0 Å². The van der Waals surface area contributed by atoms with Crippen molar-refractivity contribution in [1.82, 2.24) is 14.3 Å². The summed E-state index contributed by atoms with van der Waals surface area (Å²) in [7, 11) is -1.55. The summed E-state index contributed by atoms with van der Waals surface area (Å²) in [6.07, 6.45) is 4.33. The van der Waals surface area contributed by atoms with Crippen molar-refractivity contribution < 1.29 is 13.2 Å². The first-order valence-corrected chi connectivity index (χ1v) is 8.82. The van der Waals surface area contributed by atoms with E-state index >= 15 is 0 Å². The monoisotopic (exact) mass is 364 g/mol. The number of ether oxygens (including phenoxy) is 1. The molecule has 0 bridgehead atoms. The molecule has 0 aromatic carbocycles. The Bertz CT molecular complexity index is 573. The summed E-state index contributed by atoms with van der Waals surface area (Å²) >= 11 is 3.29. The van der Waals surface area contributed by atoms with Crippen LogP contribution in [0.15, 0.2) is 10.7 Å². The van der Waals surface area contributed by atoms with Crippen LogP contribution in [0.2, 0.25) is 0 Å². The molecule has 1 aromatic heterocycles. The second kappa shape index (κ2) is 6.23. The summed E-state index contributed by atoms with van der Waals surface area (Å²) in [5, 5.41) is 3.21. The van der Waals surface area contributed by atoms with E-state index in [-0.39, 0.29) is 6.04 Å². The fraction of sp³-hybridized carbons (Fsp3) is 0.636. The zero-order valence-electron chi connectivity index (χ0n) is 11.3. The topological polar surface area (TPSA) is 84.4 Å². The van der Waals surface area contributed by atoms with Gasteiger partial charge in [0.05, 0.1) is 24.0 Å². The van der Waals surface area contributed by atoms with Crippen LogP contribution in [-0.4, -0.2) is 55.2 Å². The van der Waals surface area contributed by atoms with Crippen LogP contribution >= 0.6 is 15.9 Å². The van der Waals surface area contributed by atoms with Gasteiger partial charge in [-0.05, 0) is 28.8 Å². The maximum atomic E-state index is 11.4.